The van der Waals surface area contributed by atoms with Crippen molar-refractivity contribution in [3.63, 3.8) is 0 Å². The van der Waals surface area contributed by atoms with Crippen molar-refractivity contribution in [2.75, 3.05) is 7.05 Å². The second-order valence-corrected chi connectivity index (χ2v) is 8.83. The van der Waals surface area contributed by atoms with Crippen LogP contribution < -0.4 is 20.5 Å². The zero-order valence-corrected chi connectivity index (χ0v) is 22.4. The molecule has 1 aromatic carbocycles. The van der Waals surface area contributed by atoms with Crippen molar-refractivity contribution < 1.29 is 17.6 Å². The van der Waals surface area contributed by atoms with Gasteiger partial charge in [-0.2, -0.15) is 8.78 Å². The van der Waals surface area contributed by atoms with Crippen LogP contribution in [-0.4, -0.2) is 27.2 Å². The topological polar surface area (TPSA) is 75.9 Å². The van der Waals surface area contributed by atoms with E-state index in [0.29, 0.717) is 23.4 Å². The summed E-state index contributed by atoms with van der Waals surface area (Å²) in [5, 5.41) is 3.11. The van der Waals surface area contributed by atoms with Gasteiger partial charge in [-0.1, -0.05) is 33.8 Å². The monoisotopic (exact) mass is 540 g/mol. The van der Waals surface area contributed by atoms with Crippen molar-refractivity contribution in [3.05, 3.63) is 75.1 Å². The van der Waals surface area contributed by atoms with Crippen molar-refractivity contribution in [3.8, 4) is 11.3 Å². The van der Waals surface area contributed by atoms with E-state index in [2.05, 4.69) is 19.7 Å². The Kier molecular flexibility index (Phi) is 9.22. The van der Waals surface area contributed by atoms with Crippen molar-refractivity contribution in [1.29, 1.82) is 0 Å². The highest BCUT2D eigenvalue weighted by Crippen LogP contribution is 2.41. The molecule has 7 nitrogen and oxygen atoms in total. The maximum absolute atomic E-state index is 15.0. The summed E-state index contributed by atoms with van der Waals surface area (Å²) in [7, 11) is 1.59. The average molecular weight is 541 g/mol. The molecule has 0 bridgehead atoms. The highest BCUT2D eigenvalue weighted by atomic mass is 32.2. The van der Waals surface area contributed by atoms with Gasteiger partial charge in [0.2, 0.25) is 0 Å². The van der Waals surface area contributed by atoms with Gasteiger partial charge in [-0.15, -0.1) is 0 Å². The molecule has 0 saturated carbocycles. The number of benzene rings is 1. The Morgan fingerprint density at radius 3 is 2.41 bits per heavy atom. The van der Waals surface area contributed by atoms with Gasteiger partial charge >= 0.3 is 11.6 Å². The number of aryl methyl sites for hydroxylation is 1. The minimum Gasteiger partial charge on any atom is -0.289 e. The van der Waals surface area contributed by atoms with Gasteiger partial charge in [-0.25, -0.2) is 18.3 Å². The van der Waals surface area contributed by atoms with Crippen LogP contribution >= 0.6 is 12.1 Å². The first-order valence-electron chi connectivity index (χ1n) is 12.2. The molecule has 0 spiro atoms. The van der Waals surface area contributed by atoms with Gasteiger partial charge in [-0.3, -0.25) is 24.2 Å². The van der Waals surface area contributed by atoms with Crippen LogP contribution in [0, 0.1) is 18.6 Å². The minimum atomic E-state index is -3.29. The van der Waals surface area contributed by atoms with E-state index < -0.39 is 41.1 Å². The minimum absolute atomic E-state index is 0.0468. The summed E-state index contributed by atoms with van der Waals surface area (Å²) in [4.78, 5) is 17.5. The van der Waals surface area contributed by atoms with Crippen LogP contribution in [0.25, 0.3) is 11.3 Å². The second kappa shape index (κ2) is 11.8. The Bertz CT molecular complexity index is 1290. The molecule has 37 heavy (non-hydrogen) atoms. The molecule has 0 radical (unpaired) electrons. The van der Waals surface area contributed by atoms with Crippen LogP contribution in [0.4, 0.5) is 17.6 Å². The number of pyridine rings is 1. The van der Waals surface area contributed by atoms with E-state index >= 15 is 0 Å². The molecule has 2 aliphatic heterocycles. The number of nitrogens with zero attached hydrogens (tertiary/aromatic N) is 3. The van der Waals surface area contributed by atoms with E-state index in [0.717, 1.165) is 39.6 Å². The number of imidazole rings is 1. The van der Waals surface area contributed by atoms with Gasteiger partial charge in [0, 0.05) is 36.1 Å². The van der Waals surface area contributed by atoms with E-state index in [-0.39, 0.29) is 17.8 Å². The lowest BCUT2D eigenvalue weighted by atomic mass is 9.99. The molecule has 2 atom stereocenters. The number of nitrogens with one attached hydrogen (secondary N) is 3. The van der Waals surface area contributed by atoms with Crippen LogP contribution in [-0.2, 0) is 19.0 Å². The summed E-state index contributed by atoms with van der Waals surface area (Å²) < 4.78 is 66.7. The summed E-state index contributed by atoms with van der Waals surface area (Å²) in [5.74, 6) is -4.88. The molecule has 1 unspecified atom stereocenters. The predicted octanol–water partition coefficient (Wildman–Crippen LogP) is 4.85. The molecule has 2 aliphatic rings. The summed E-state index contributed by atoms with van der Waals surface area (Å²) in [6.45, 7) is 9.77. The maximum atomic E-state index is 15.0. The van der Waals surface area contributed by atoms with Crippen molar-refractivity contribution in [1.82, 2.24) is 28.9 Å². The van der Waals surface area contributed by atoms with Gasteiger partial charge in [-0.05, 0) is 37.7 Å². The third kappa shape index (κ3) is 5.07. The fourth-order valence-electron chi connectivity index (χ4n) is 4.51. The van der Waals surface area contributed by atoms with Gasteiger partial charge in [0.15, 0.2) is 0 Å². The molecular formula is C25H32F4N6OS. The Balaban J connectivity index is 0.000000907. The fourth-order valence-corrected chi connectivity index (χ4v) is 4.99. The molecule has 12 heteroatoms. The predicted molar refractivity (Wildman–Crippen MR) is 138 cm³/mol. The zero-order valence-electron chi connectivity index (χ0n) is 21.6. The third-order valence-corrected chi connectivity index (χ3v) is 6.57. The first-order chi connectivity index (χ1) is 17.7. The Hall–Kier alpha value is -2.67. The molecule has 0 fully saturated rings. The van der Waals surface area contributed by atoms with Crippen molar-refractivity contribution in [2.24, 2.45) is 0 Å². The summed E-state index contributed by atoms with van der Waals surface area (Å²) in [6.07, 6.45) is 0.212. The van der Waals surface area contributed by atoms with Crippen LogP contribution in [0.5, 0.6) is 0 Å². The standard InChI is InChI=1S/C21H20F4N6OS.2C2H6/c1-10-6-11-7-27-19(16(11)18(28-10)17-12(22)4-3-5-13(17)23)31-9-15-21(24,25)14(29-33-26-2)8-30(15)20(31)32;2*1-2/h3-6,9,14,19,26-27,29H,7-8H2,1-2H3;2*1-2H3/t14-,19?;;/m1../s1. The molecule has 0 aliphatic carbocycles. The molecule has 2 aromatic heterocycles. The number of halogens is 4. The number of hydrogen-bond donors (Lipinski definition) is 3. The molecule has 4 heterocycles. The third-order valence-electron chi connectivity index (χ3n) is 5.96. The number of alkyl halides is 2. The fraction of sp³-hybridized carbons (Fsp3) is 0.440. The van der Waals surface area contributed by atoms with Crippen molar-refractivity contribution in [2.45, 2.75) is 65.8 Å². The zero-order chi connectivity index (χ0) is 27.5. The second-order valence-electron chi connectivity index (χ2n) is 7.98. The highest BCUT2D eigenvalue weighted by Gasteiger charge is 2.51. The highest BCUT2D eigenvalue weighted by molar-refractivity contribution is 7.95. The maximum Gasteiger partial charge on any atom is 0.330 e. The molecule has 3 N–H and O–H groups in total. The first kappa shape index (κ1) is 28.9. The SMILES string of the molecule is CC.CC.CNSN[C@@H]1Cn2c(cn(C3NCc4cc(C)nc(-c5c(F)cccc5F)c43)c2=O)C1(F)F. The van der Waals surface area contributed by atoms with E-state index in [4.69, 9.17) is 0 Å². The lowest BCUT2D eigenvalue weighted by Crippen LogP contribution is -2.40. The summed E-state index contributed by atoms with van der Waals surface area (Å²) >= 11 is 0.918. The van der Waals surface area contributed by atoms with Gasteiger partial charge < -0.3 is 0 Å². The van der Waals surface area contributed by atoms with E-state index in [1.165, 1.54) is 6.07 Å². The summed E-state index contributed by atoms with van der Waals surface area (Å²) in [5.41, 5.74) is 0.295. The van der Waals surface area contributed by atoms with Gasteiger partial charge in [0.1, 0.15) is 29.5 Å². The largest absolute Gasteiger partial charge is 0.330 e. The number of fused-ring (bicyclic) bond motifs is 2. The van der Waals surface area contributed by atoms with Crippen molar-refractivity contribution >= 4 is 12.1 Å². The first-order valence-corrected chi connectivity index (χ1v) is 13.0. The molecule has 202 valence electrons. The normalized spacial score (nSPS) is 18.9. The van der Waals surface area contributed by atoms with Crippen LogP contribution in [0.2, 0.25) is 0 Å². The van der Waals surface area contributed by atoms with Gasteiger partial charge in [0.25, 0.3) is 0 Å². The van der Waals surface area contributed by atoms with Crippen LogP contribution in [0.15, 0.2) is 35.3 Å². The summed E-state index contributed by atoms with van der Waals surface area (Å²) in [6, 6.07) is 4.00. The smallest absolute Gasteiger partial charge is 0.289 e. The average Bonchev–Trinajstić information content (AvgIpc) is 3.52. The number of hydrogen-bond acceptors (Lipinski definition) is 6. The molecular weight excluding hydrogens is 508 g/mol. The quantitative estimate of drug-likeness (QED) is 0.318. The van der Waals surface area contributed by atoms with Crippen LogP contribution in [0.1, 0.15) is 56.4 Å². The Morgan fingerprint density at radius 2 is 1.81 bits per heavy atom. The lowest BCUT2D eigenvalue weighted by molar-refractivity contribution is -0.0242. The molecule has 0 saturated heterocycles. The Labute approximate surface area is 217 Å². The molecule has 5 rings (SSSR count). The van der Waals surface area contributed by atoms with E-state index in [9.17, 15) is 22.4 Å². The number of aromatic nitrogens is 3. The molecule has 0 amide bonds. The van der Waals surface area contributed by atoms with E-state index in [1.807, 2.05) is 27.7 Å². The Morgan fingerprint density at radius 1 is 1.16 bits per heavy atom. The molecule has 3 aromatic rings. The van der Waals surface area contributed by atoms with Crippen LogP contribution in [0.3, 0.4) is 0 Å². The number of rotatable bonds is 5. The van der Waals surface area contributed by atoms with Gasteiger partial charge in [0.05, 0.1) is 17.8 Å². The lowest BCUT2D eigenvalue weighted by Gasteiger charge is -2.20. The van der Waals surface area contributed by atoms with E-state index in [1.54, 1.807) is 20.0 Å².